The van der Waals surface area contributed by atoms with Crippen molar-refractivity contribution in [3.8, 4) is 0 Å². The number of nitrogens with one attached hydrogen (secondary N) is 1. The van der Waals surface area contributed by atoms with Crippen molar-refractivity contribution >= 4 is 9.39 Å². The number of hydrogen-bond donors (Lipinski definition) is 2. The van der Waals surface area contributed by atoms with Crippen molar-refractivity contribution in [1.29, 1.82) is 0 Å². The van der Waals surface area contributed by atoms with E-state index in [1.165, 1.54) is 0 Å². The smallest absolute Gasteiger partial charge is 0 e. The van der Waals surface area contributed by atoms with Gasteiger partial charge in [0.25, 0.3) is 0 Å². The normalized spacial score (nSPS) is 3.60. The van der Waals surface area contributed by atoms with Gasteiger partial charge in [-0.3, -0.25) is 5.84 Å². The van der Waals surface area contributed by atoms with Crippen molar-refractivity contribution < 1.29 is 25.0 Å². The van der Waals surface area contributed by atoms with Crippen molar-refractivity contribution in [3.05, 3.63) is 0 Å². The molecule has 30 valence electrons. The van der Waals surface area contributed by atoms with Crippen LogP contribution in [-0.4, -0.2) is 5.48 Å². The van der Waals surface area contributed by atoms with Gasteiger partial charge < -0.3 is 5.48 Å². The summed E-state index contributed by atoms with van der Waals surface area (Å²) >= 11 is 0. The monoisotopic (exact) mass is 146 g/mol. The first-order valence-electron chi connectivity index (χ1n) is 0.577. The van der Waals surface area contributed by atoms with Crippen LogP contribution in [0.3, 0.4) is 0 Å². The molecule has 0 amide bonds. The Labute approximate surface area is 46.0 Å². The average molecular weight is 147 g/mol. The minimum absolute atomic E-state index is 0. The molecule has 0 bridgehead atoms. The number of hydrogen-bond acceptors (Lipinski definition) is 2. The summed E-state index contributed by atoms with van der Waals surface area (Å²) in [6.45, 7) is 0. The van der Waals surface area contributed by atoms with Crippen molar-refractivity contribution in [2.45, 2.75) is 0 Å². The second kappa shape index (κ2) is 20.4. The molecule has 5 heavy (non-hydrogen) atoms. The van der Waals surface area contributed by atoms with Crippen molar-refractivity contribution in [2.75, 3.05) is 0 Å². The Morgan fingerprint density at radius 1 is 1.60 bits per heavy atom. The second-order valence-corrected chi connectivity index (χ2v) is 0.500. The summed E-state index contributed by atoms with van der Waals surface area (Å²) in [6, 6.07) is 0. The summed E-state index contributed by atoms with van der Waals surface area (Å²) in [7, 11) is 2.11. The molecule has 1 atom stereocenters. The number of nitrogens with two attached hydrogens (primary N) is 1. The predicted molar refractivity (Wildman–Crippen MR) is 20.6 cm³/mol. The maximum absolute atomic E-state index is 4.56. The largest absolute Gasteiger partial charge is 0.412 e. The van der Waals surface area contributed by atoms with Crippen LogP contribution in [0, 0.1) is 0 Å². The molecule has 0 heterocycles. The van der Waals surface area contributed by atoms with Crippen LogP contribution in [0.15, 0.2) is 0 Å². The van der Waals surface area contributed by atoms with E-state index in [1.807, 2.05) is 0 Å². The molecular weight excluding hydrogens is 140 g/mol. The SMILES string of the molecule is NNP.O.[Zn]. The van der Waals surface area contributed by atoms with Crippen LogP contribution in [0.1, 0.15) is 0 Å². The fourth-order valence-electron chi connectivity index (χ4n) is 0. The molecule has 0 aromatic heterocycles. The van der Waals surface area contributed by atoms with Gasteiger partial charge in [-0.1, -0.05) is 9.39 Å². The van der Waals surface area contributed by atoms with Crippen molar-refractivity contribution in [1.82, 2.24) is 5.20 Å². The summed E-state index contributed by atoms with van der Waals surface area (Å²) in [5.41, 5.74) is 0. The van der Waals surface area contributed by atoms with Crippen molar-refractivity contribution in [2.24, 2.45) is 5.84 Å². The average Bonchev–Trinajstić information content (AvgIpc) is 0.918. The third kappa shape index (κ3) is 48.7. The summed E-state index contributed by atoms with van der Waals surface area (Å²) in [5.74, 6) is 4.56. The standard InChI is InChI=1S/H5N2P.H2O.Zn/c1-2-3;;/h2H,1,3H2;1H2;. The molecule has 0 aliphatic carbocycles. The number of rotatable bonds is 0. The fraction of sp³-hybridized carbons (Fsp3) is 0. The molecule has 5 N–H and O–H groups in total. The van der Waals surface area contributed by atoms with Crippen LogP contribution >= 0.6 is 9.39 Å². The van der Waals surface area contributed by atoms with Gasteiger partial charge in [0.1, 0.15) is 0 Å². The van der Waals surface area contributed by atoms with E-state index in [2.05, 4.69) is 20.4 Å². The van der Waals surface area contributed by atoms with Gasteiger partial charge in [0.2, 0.25) is 0 Å². The maximum atomic E-state index is 4.56. The van der Waals surface area contributed by atoms with E-state index < -0.39 is 0 Å². The van der Waals surface area contributed by atoms with Crippen LogP contribution in [0.4, 0.5) is 0 Å². The third-order valence-corrected chi connectivity index (χ3v) is 0. The molecule has 0 aliphatic rings. The Bertz CT molecular complexity index is 9.61. The molecule has 0 aliphatic heterocycles. The van der Waals surface area contributed by atoms with Gasteiger partial charge in [-0.15, -0.1) is 0 Å². The summed E-state index contributed by atoms with van der Waals surface area (Å²) in [5, 5.41) is 2.17. The minimum Gasteiger partial charge on any atom is -0.412 e. The molecule has 0 saturated carbocycles. The topological polar surface area (TPSA) is 69.5 Å². The molecule has 1 unspecified atom stereocenters. The van der Waals surface area contributed by atoms with Gasteiger partial charge in [-0.25, -0.2) is 5.20 Å². The Morgan fingerprint density at radius 2 is 1.60 bits per heavy atom. The molecule has 0 fully saturated rings. The zero-order valence-electron chi connectivity index (χ0n) is 2.86. The molecule has 3 nitrogen and oxygen atoms in total. The zero-order chi connectivity index (χ0) is 2.71. The molecule has 0 saturated heterocycles. The van der Waals surface area contributed by atoms with Gasteiger partial charge in [0, 0.05) is 19.5 Å². The van der Waals surface area contributed by atoms with Crippen LogP contribution in [0.2, 0.25) is 0 Å². The molecule has 0 aromatic carbocycles. The summed E-state index contributed by atoms with van der Waals surface area (Å²) < 4.78 is 0. The molecule has 0 rings (SSSR count). The molecule has 0 aromatic rings. The van der Waals surface area contributed by atoms with Crippen LogP contribution in [0.25, 0.3) is 0 Å². The first-order chi connectivity index (χ1) is 1.41. The van der Waals surface area contributed by atoms with E-state index in [9.17, 15) is 0 Å². The van der Waals surface area contributed by atoms with Gasteiger partial charge in [-0.2, -0.15) is 0 Å². The van der Waals surface area contributed by atoms with Gasteiger partial charge in [-0.05, 0) is 0 Å². The molecule has 0 spiro atoms. The maximum Gasteiger partial charge on any atom is 0 e. The minimum atomic E-state index is 0. The Kier molecular flexibility index (Phi) is 68.5. The van der Waals surface area contributed by atoms with Gasteiger partial charge in [0.15, 0.2) is 0 Å². The van der Waals surface area contributed by atoms with Crippen LogP contribution < -0.4 is 11.0 Å². The molecule has 0 radical (unpaired) electrons. The summed E-state index contributed by atoms with van der Waals surface area (Å²) in [6.07, 6.45) is 0. The Hall–Kier alpha value is 0.933. The van der Waals surface area contributed by atoms with Crippen LogP contribution in [-0.2, 0) is 19.5 Å². The zero-order valence-corrected chi connectivity index (χ0v) is 6.98. The summed E-state index contributed by atoms with van der Waals surface area (Å²) in [4.78, 5) is 0. The van der Waals surface area contributed by atoms with Gasteiger partial charge >= 0.3 is 0 Å². The second-order valence-electron chi connectivity index (χ2n) is 0.167. The Morgan fingerprint density at radius 3 is 1.60 bits per heavy atom. The third-order valence-electron chi connectivity index (χ3n) is 0. The van der Waals surface area contributed by atoms with E-state index >= 15 is 0 Å². The van der Waals surface area contributed by atoms with Crippen LogP contribution in [0.5, 0.6) is 0 Å². The number of hydrazine groups is 1. The van der Waals surface area contributed by atoms with E-state index in [0.29, 0.717) is 0 Å². The van der Waals surface area contributed by atoms with E-state index in [4.69, 9.17) is 0 Å². The van der Waals surface area contributed by atoms with Gasteiger partial charge in [0.05, 0.1) is 0 Å². The van der Waals surface area contributed by atoms with E-state index in [0.717, 1.165) is 0 Å². The van der Waals surface area contributed by atoms with E-state index in [-0.39, 0.29) is 25.0 Å². The first-order valence-corrected chi connectivity index (χ1v) is 1.15. The molecule has 5 heteroatoms. The predicted octanol–water partition coefficient (Wildman–Crippen LogP) is -1.59. The van der Waals surface area contributed by atoms with E-state index in [1.54, 1.807) is 0 Å². The quantitative estimate of drug-likeness (QED) is 0.188. The van der Waals surface area contributed by atoms with Crippen molar-refractivity contribution in [3.63, 3.8) is 0 Å². The Balaban J connectivity index is -0.0000000200. The first kappa shape index (κ1) is 16.8. The molecular formula is H7N2OPZn. The fourth-order valence-corrected chi connectivity index (χ4v) is 0.